The number of aromatic hydroxyl groups is 1. The maximum absolute atomic E-state index is 14.4. The molecule has 2 saturated heterocycles. The van der Waals surface area contributed by atoms with E-state index in [0.29, 0.717) is 21.7 Å². The molecule has 0 aliphatic carbocycles. The zero-order valence-corrected chi connectivity index (χ0v) is 14.4. The second kappa shape index (κ2) is 5.59. The molecule has 2 fully saturated rings. The fourth-order valence-corrected chi connectivity index (χ4v) is 4.46. The fraction of sp³-hybridized carbons (Fsp3) is 0.533. The fourth-order valence-electron chi connectivity index (χ4n) is 3.29. The topological polar surface area (TPSA) is 89.9 Å². The molecule has 3 rings (SSSR count). The van der Waals surface area contributed by atoms with Crippen molar-refractivity contribution in [2.75, 3.05) is 30.5 Å². The van der Waals surface area contributed by atoms with Crippen molar-refractivity contribution in [1.82, 2.24) is 9.62 Å². The van der Waals surface area contributed by atoms with Crippen LogP contribution in [0.4, 0.5) is 10.1 Å². The first kappa shape index (κ1) is 17.0. The van der Waals surface area contributed by atoms with Crippen LogP contribution in [-0.2, 0) is 21.4 Å². The third-order valence-corrected chi connectivity index (χ3v) is 5.57. The van der Waals surface area contributed by atoms with Crippen molar-refractivity contribution >= 4 is 21.8 Å². The molecule has 1 aromatic carbocycles. The van der Waals surface area contributed by atoms with Gasteiger partial charge in [-0.3, -0.25) is 4.79 Å². The van der Waals surface area contributed by atoms with Gasteiger partial charge in [0.15, 0.2) is 5.82 Å². The summed E-state index contributed by atoms with van der Waals surface area (Å²) < 4.78 is 40.2. The maximum atomic E-state index is 14.4. The molecule has 132 valence electrons. The Morgan fingerprint density at radius 3 is 2.50 bits per heavy atom. The highest BCUT2D eigenvalue weighted by Gasteiger charge is 2.37. The van der Waals surface area contributed by atoms with Crippen LogP contribution in [0.15, 0.2) is 12.1 Å². The lowest BCUT2D eigenvalue weighted by atomic mass is 9.84. The van der Waals surface area contributed by atoms with Crippen molar-refractivity contribution in [3.63, 3.8) is 0 Å². The van der Waals surface area contributed by atoms with Crippen molar-refractivity contribution in [1.29, 1.82) is 0 Å². The van der Waals surface area contributed by atoms with Crippen LogP contribution in [-0.4, -0.2) is 50.5 Å². The monoisotopic (exact) mass is 357 g/mol. The third-order valence-electron chi connectivity index (χ3n) is 4.19. The number of phenolic OH excluding ortho intramolecular Hbond substituents is 1. The molecule has 2 N–H and O–H groups in total. The van der Waals surface area contributed by atoms with Crippen LogP contribution in [0, 0.1) is 11.2 Å². The van der Waals surface area contributed by atoms with Crippen molar-refractivity contribution in [2.45, 2.75) is 20.3 Å². The molecule has 0 spiro atoms. The smallest absolute Gasteiger partial charge is 0.326 e. The van der Waals surface area contributed by atoms with Gasteiger partial charge in [0.25, 0.3) is 5.91 Å². The van der Waals surface area contributed by atoms with Gasteiger partial charge in [-0.25, -0.2) is 13.4 Å². The minimum atomic E-state index is -4.16. The van der Waals surface area contributed by atoms with Crippen LogP contribution in [0.3, 0.4) is 0 Å². The first-order valence-electron chi connectivity index (χ1n) is 7.64. The molecule has 1 amide bonds. The zero-order valence-electron chi connectivity index (χ0n) is 13.5. The largest absolute Gasteiger partial charge is 0.506 e. The van der Waals surface area contributed by atoms with Crippen molar-refractivity contribution < 1.29 is 22.7 Å². The Kier molecular flexibility index (Phi) is 3.95. The second-order valence-electron chi connectivity index (χ2n) is 7.11. The number of phenols is 1. The quantitative estimate of drug-likeness (QED) is 0.823. The number of hydrogen-bond donors (Lipinski definition) is 2. The standard InChI is InChI=1S/C15H20FN3O4S/c1-15(2)8-18(9-15)4-3-10-5-11(16)14(12(20)6-10)19-7-13(21)17-24(19,22)23/h5-6,20H,3-4,7-9H2,1-2H3,(H,17,21). The van der Waals surface area contributed by atoms with Gasteiger partial charge in [0.1, 0.15) is 18.0 Å². The van der Waals surface area contributed by atoms with Gasteiger partial charge in [0.05, 0.1) is 0 Å². The number of amides is 1. The molecule has 7 nitrogen and oxygen atoms in total. The number of nitrogens with one attached hydrogen (secondary N) is 1. The first-order valence-corrected chi connectivity index (χ1v) is 9.08. The Morgan fingerprint density at radius 2 is 2.00 bits per heavy atom. The second-order valence-corrected chi connectivity index (χ2v) is 8.70. The van der Waals surface area contributed by atoms with E-state index in [0.717, 1.165) is 19.6 Å². The lowest BCUT2D eigenvalue weighted by Gasteiger charge is -2.46. The van der Waals surface area contributed by atoms with E-state index < -0.39 is 39.9 Å². The van der Waals surface area contributed by atoms with E-state index in [2.05, 4.69) is 18.7 Å². The van der Waals surface area contributed by atoms with Crippen LogP contribution in [0.2, 0.25) is 0 Å². The Bertz CT molecular complexity index is 763. The molecular weight excluding hydrogens is 337 g/mol. The minimum Gasteiger partial charge on any atom is -0.506 e. The van der Waals surface area contributed by atoms with Gasteiger partial charge in [0.2, 0.25) is 0 Å². The van der Waals surface area contributed by atoms with Crippen LogP contribution in [0.5, 0.6) is 5.75 Å². The van der Waals surface area contributed by atoms with E-state index in [1.807, 2.05) is 0 Å². The van der Waals surface area contributed by atoms with Gasteiger partial charge < -0.3 is 10.0 Å². The number of rotatable bonds is 4. The van der Waals surface area contributed by atoms with E-state index in [4.69, 9.17) is 0 Å². The van der Waals surface area contributed by atoms with Crippen molar-refractivity contribution in [3.8, 4) is 5.75 Å². The van der Waals surface area contributed by atoms with Crippen LogP contribution >= 0.6 is 0 Å². The zero-order chi connectivity index (χ0) is 17.7. The van der Waals surface area contributed by atoms with Crippen LogP contribution in [0.1, 0.15) is 19.4 Å². The Hall–Kier alpha value is -1.87. The molecule has 1 aromatic rings. The number of carbonyl (C=O) groups excluding carboxylic acids is 1. The molecule has 2 aliphatic rings. The van der Waals surface area contributed by atoms with Crippen molar-refractivity contribution in [2.24, 2.45) is 5.41 Å². The number of benzene rings is 1. The van der Waals surface area contributed by atoms with Crippen LogP contribution in [0.25, 0.3) is 0 Å². The van der Waals surface area contributed by atoms with E-state index >= 15 is 0 Å². The highest BCUT2D eigenvalue weighted by atomic mass is 32.2. The normalized spacial score (nSPS) is 22.3. The predicted molar refractivity (Wildman–Crippen MR) is 86.4 cm³/mol. The van der Waals surface area contributed by atoms with Crippen molar-refractivity contribution in [3.05, 3.63) is 23.5 Å². The molecule has 0 radical (unpaired) electrons. The van der Waals surface area contributed by atoms with E-state index in [1.165, 1.54) is 12.1 Å². The number of nitrogens with zero attached hydrogens (tertiary/aromatic N) is 2. The average Bonchev–Trinajstić information content (AvgIpc) is 2.66. The molecule has 0 aromatic heterocycles. The first-order chi connectivity index (χ1) is 11.1. The molecule has 0 atom stereocenters. The number of halogens is 1. The molecule has 2 heterocycles. The highest BCUT2D eigenvalue weighted by molar-refractivity contribution is 7.92. The van der Waals surface area contributed by atoms with Gasteiger partial charge in [0, 0.05) is 19.6 Å². The lowest BCUT2D eigenvalue weighted by molar-refractivity contribution is -0.117. The lowest BCUT2D eigenvalue weighted by Crippen LogP contribution is -2.53. The Labute approximate surface area is 140 Å². The molecule has 0 unspecified atom stereocenters. The summed E-state index contributed by atoms with van der Waals surface area (Å²) in [4.78, 5) is 13.5. The third kappa shape index (κ3) is 3.18. The van der Waals surface area contributed by atoms with Gasteiger partial charge in [-0.2, -0.15) is 8.42 Å². The molecule has 24 heavy (non-hydrogen) atoms. The van der Waals surface area contributed by atoms with Gasteiger partial charge in [-0.05, 0) is 29.5 Å². The predicted octanol–water partition coefficient (Wildman–Crippen LogP) is 0.597. The molecule has 9 heteroatoms. The van der Waals surface area contributed by atoms with Crippen LogP contribution < -0.4 is 9.03 Å². The molecular formula is C15H20FN3O4S. The summed E-state index contributed by atoms with van der Waals surface area (Å²) in [5.41, 5.74) is 0.387. The van der Waals surface area contributed by atoms with Gasteiger partial charge in [-0.15, -0.1) is 0 Å². The Morgan fingerprint density at radius 1 is 1.33 bits per heavy atom. The van der Waals surface area contributed by atoms with E-state index in [-0.39, 0.29) is 0 Å². The average molecular weight is 357 g/mol. The molecule has 0 bridgehead atoms. The van der Waals surface area contributed by atoms with Gasteiger partial charge >= 0.3 is 10.2 Å². The number of likely N-dealkylation sites (tertiary alicyclic amines) is 1. The summed E-state index contributed by atoms with van der Waals surface area (Å²) in [6.45, 7) is 6.49. The summed E-state index contributed by atoms with van der Waals surface area (Å²) in [7, 11) is -4.16. The summed E-state index contributed by atoms with van der Waals surface area (Å²) in [5, 5.41) is 10.1. The summed E-state index contributed by atoms with van der Waals surface area (Å²) in [5.74, 6) is -2.12. The van der Waals surface area contributed by atoms with Gasteiger partial charge in [-0.1, -0.05) is 13.8 Å². The Balaban J connectivity index is 1.76. The number of carbonyl (C=O) groups is 1. The molecule has 2 aliphatic heterocycles. The summed E-state index contributed by atoms with van der Waals surface area (Å²) >= 11 is 0. The van der Waals surface area contributed by atoms with E-state index in [1.54, 1.807) is 4.72 Å². The summed E-state index contributed by atoms with van der Waals surface area (Å²) in [6, 6.07) is 2.56. The highest BCUT2D eigenvalue weighted by Crippen LogP contribution is 2.35. The number of anilines is 1. The maximum Gasteiger partial charge on any atom is 0.326 e. The SMILES string of the molecule is CC1(C)CN(CCc2cc(O)c(N3CC(=O)NS3(=O)=O)c(F)c2)C1. The minimum absolute atomic E-state index is 0.306. The summed E-state index contributed by atoms with van der Waals surface area (Å²) in [6.07, 6.45) is 0.546. The molecule has 0 saturated carbocycles. The number of hydrogen-bond acceptors (Lipinski definition) is 5. The van der Waals surface area contributed by atoms with E-state index in [9.17, 15) is 22.7 Å².